The molecule has 2 N–H and O–H groups in total. The normalized spacial score (nSPS) is 16.6. The Balaban J connectivity index is 2.98. The Morgan fingerprint density at radius 2 is 1.82 bits per heavy atom. The van der Waals surface area contributed by atoms with Crippen LogP contribution in [0.1, 0.15) is 18.6 Å². The highest BCUT2D eigenvalue weighted by Gasteiger charge is 2.33. The summed E-state index contributed by atoms with van der Waals surface area (Å²) < 4.78 is 0. The first-order valence-electron chi connectivity index (χ1n) is 5.09. The number of nitro groups is 1. The molecule has 0 radical (unpaired) electrons. The highest BCUT2D eigenvalue weighted by Crippen LogP contribution is 2.28. The molecule has 2 atom stereocenters. The lowest BCUT2D eigenvalue weighted by molar-refractivity contribution is -0.384. The molecule has 1 aromatic rings. The summed E-state index contributed by atoms with van der Waals surface area (Å²) in [6.07, 6.45) is -1.14. The van der Waals surface area contributed by atoms with E-state index in [0.717, 1.165) is 0 Å². The number of benzene rings is 1. The Morgan fingerprint density at radius 3 is 2.18 bits per heavy atom. The maximum absolute atomic E-state index is 10.5. The van der Waals surface area contributed by atoms with Crippen LogP contribution in [0.2, 0.25) is 0 Å². The van der Waals surface area contributed by atoms with Gasteiger partial charge in [0.1, 0.15) is 11.8 Å². The van der Waals surface area contributed by atoms with Crippen molar-refractivity contribution >= 4 is 5.69 Å². The van der Waals surface area contributed by atoms with Crippen molar-refractivity contribution in [2.45, 2.75) is 18.8 Å². The van der Waals surface area contributed by atoms with E-state index >= 15 is 0 Å². The molecule has 0 saturated heterocycles. The van der Waals surface area contributed by atoms with Gasteiger partial charge in [0, 0.05) is 12.1 Å². The van der Waals surface area contributed by atoms with E-state index in [9.17, 15) is 20.3 Å². The van der Waals surface area contributed by atoms with Crippen molar-refractivity contribution in [1.82, 2.24) is 4.90 Å². The van der Waals surface area contributed by atoms with Gasteiger partial charge in [0.15, 0.2) is 0 Å². The predicted molar refractivity (Wildman–Crippen MR) is 62.4 cm³/mol. The zero-order valence-electron chi connectivity index (χ0n) is 9.99. The molecular formula is C11H16N2O4. The van der Waals surface area contributed by atoms with Gasteiger partial charge in [-0.1, -0.05) is 0 Å². The van der Waals surface area contributed by atoms with Crippen molar-refractivity contribution in [3.05, 3.63) is 39.9 Å². The fraction of sp³-hybridized carbons (Fsp3) is 0.455. The SMILES string of the molecule is CN(C)C(C)(O)C(O)c1ccc([N+](=O)[O-])cc1. The van der Waals surface area contributed by atoms with Crippen LogP contribution < -0.4 is 0 Å². The number of hydrogen-bond donors (Lipinski definition) is 2. The van der Waals surface area contributed by atoms with Crippen LogP contribution in [0.15, 0.2) is 24.3 Å². The second-order valence-electron chi connectivity index (χ2n) is 4.24. The topological polar surface area (TPSA) is 86.8 Å². The average Bonchev–Trinajstić information content (AvgIpc) is 2.27. The van der Waals surface area contributed by atoms with Gasteiger partial charge in [-0.05, 0) is 38.7 Å². The van der Waals surface area contributed by atoms with E-state index in [-0.39, 0.29) is 5.69 Å². The maximum Gasteiger partial charge on any atom is 0.269 e. The Morgan fingerprint density at radius 1 is 1.35 bits per heavy atom. The lowest BCUT2D eigenvalue weighted by Gasteiger charge is -2.35. The number of non-ortho nitro benzene ring substituents is 1. The lowest BCUT2D eigenvalue weighted by atomic mass is 9.99. The van der Waals surface area contributed by atoms with Crippen LogP contribution in [-0.4, -0.2) is 39.9 Å². The fourth-order valence-electron chi connectivity index (χ4n) is 1.34. The molecule has 6 nitrogen and oxygen atoms in total. The molecule has 0 saturated carbocycles. The first kappa shape index (κ1) is 13.6. The molecule has 0 amide bonds. The third kappa shape index (κ3) is 2.79. The van der Waals surface area contributed by atoms with Crippen LogP contribution in [0, 0.1) is 10.1 Å². The summed E-state index contributed by atoms with van der Waals surface area (Å²) in [6, 6.07) is 5.45. The number of hydrogen-bond acceptors (Lipinski definition) is 5. The van der Waals surface area contributed by atoms with Gasteiger partial charge in [0.05, 0.1) is 4.92 Å². The third-order valence-corrected chi connectivity index (χ3v) is 2.84. The van der Waals surface area contributed by atoms with Crippen LogP contribution in [-0.2, 0) is 0 Å². The van der Waals surface area contributed by atoms with Gasteiger partial charge in [0.25, 0.3) is 5.69 Å². The minimum absolute atomic E-state index is 0.0505. The number of likely N-dealkylation sites (N-methyl/N-ethyl adjacent to an activating group) is 1. The smallest absolute Gasteiger partial charge is 0.269 e. The van der Waals surface area contributed by atoms with Crippen LogP contribution >= 0.6 is 0 Å². The van der Waals surface area contributed by atoms with Crippen LogP contribution in [0.4, 0.5) is 5.69 Å². The number of nitro benzene ring substituents is 1. The number of nitrogens with zero attached hydrogens (tertiary/aromatic N) is 2. The summed E-state index contributed by atoms with van der Waals surface area (Å²) in [5.74, 6) is 0. The predicted octanol–water partition coefficient (Wildman–Crippen LogP) is 0.898. The second kappa shape index (κ2) is 4.79. The van der Waals surface area contributed by atoms with E-state index in [1.54, 1.807) is 14.1 Å². The maximum atomic E-state index is 10.5. The minimum atomic E-state index is -1.43. The van der Waals surface area contributed by atoms with Gasteiger partial charge < -0.3 is 10.2 Å². The Labute approximate surface area is 99.3 Å². The monoisotopic (exact) mass is 240 g/mol. The van der Waals surface area contributed by atoms with E-state index < -0.39 is 16.8 Å². The molecule has 94 valence electrons. The molecule has 17 heavy (non-hydrogen) atoms. The Hall–Kier alpha value is -1.50. The number of aliphatic hydroxyl groups is 2. The minimum Gasteiger partial charge on any atom is -0.384 e. The fourth-order valence-corrected chi connectivity index (χ4v) is 1.34. The van der Waals surface area contributed by atoms with Crippen LogP contribution in [0.5, 0.6) is 0 Å². The summed E-state index contributed by atoms with van der Waals surface area (Å²) in [4.78, 5) is 11.4. The number of aliphatic hydroxyl groups excluding tert-OH is 1. The highest BCUT2D eigenvalue weighted by atomic mass is 16.6. The first-order valence-corrected chi connectivity index (χ1v) is 5.09. The quantitative estimate of drug-likeness (QED) is 0.464. The van der Waals surface area contributed by atoms with Crippen LogP contribution in [0.25, 0.3) is 0 Å². The summed E-state index contributed by atoms with van der Waals surface area (Å²) in [7, 11) is 3.27. The van der Waals surface area contributed by atoms with Gasteiger partial charge in [-0.2, -0.15) is 0 Å². The molecule has 6 heteroatoms. The summed E-state index contributed by atoms with van der Waals surface area (Å²) in [5.41, 5.74) is -1.06. The third-order valence-electron chi connectivity index (χ3n) is 2.84. The van der Waals surface area contributed by atoms with Crippen molar-refractivity contribution in [3.63, 3.8) is 0 Å². The van der Waals surface area contributed by atoms with Crippen molar-refractivity contribution in [2.24, 2.45) is 0 Å². The van der Waals surface area contributed by atoms with Gasteiger partial charge in [-0.15, -0.1) is 0 Å². The summed E-state index contributed by atoms with van der Waals surface area (Å²) in [6.45, 7) is 1.47. The largest absolute Gasteiger partial charge is 0.384 e. The lowest BCUT2D eigenvalue weighted by Crippen LogP contribution is -2.46. The Kier molecular flexibility index (Phi) is 3.82. The first-order chi connectivity index (χ1) is 7.76. The Bertz CT molecular complexity index is 400. The van der Waals surface area contributed by atoms with Gasteiger partial charge in [0.2, 0.25) is 0 Å². The van der Waals surface area contributed by atoms with E-state index in [2.05, 4.69) is 0 Å². The molecule has 0 aromatic heterocycles. The van der Waals surface area contributed by atoms with E-state index in [1.165, 1.54) is 36.1 Å². The van der Waals surface area contributed by atoms with Crippen molar-refractivity contribution in [3.8, 4) is 0 Å². The summed E-state index contributed by atoms with van der Waals surface area (Å²) in [5, 5.41) is 30.5. The van der Waals surface area contributed by atoms with E-state index in [4.69, 9.17) is 0 Å². The van der Waals surface area contributed by atoms with Crippen molar-refractivity contribution in [1.29, 1.82) is 0 Å². The summed E-state index contributed by atoms with van der Waals surface area (Å²) >= 11 is 0. The van der Waals surface area contributed by atoms with E-state index in [0.29, 0.717) is 5.56 Å². The van der Waals surface area contributed by atoms with Crippen molar-refractivity contribution < 1.29 is 15.1 Å². The average molecular weight is 240 g/mol. The zero-order chi connectivity index (χ0) is 13.2. The van der Waals surface area contributed by atoms with Gasteiger partial charge in [-0.25, -0.2) is 0 Å². The van der Waals surface area contributed by atoms with Gasteiger partial charge >= 0.3 is 0 Å². The molecule has 0 aliphatic carbocycles. The molecule has 0 aliphatic heterocycles. The molecule has 1 rings (SSSR count). The van der Waals surface area contributed by atoms with Crippen LogP contribution in [0.3, 0.4) is 0 Å². The number of rotatable bonds is 4. The molecule has 2 unspecified atom stereocenters. The molecule has 1 aromatic carbocycles. The zero-order valence-corrected chi connectivity index (χ0v) is 9.99. The molecule has 0 bridgehead atoms. The molecule has 0 spiro atoms. The molecule has 0 heterocycles. The molecular weight excluding hydrogens is 224 g/mol. The van der Waals surface area contributed by atoms with E-state index in [1.807, 2.05) is 0 Å². The molecule has 0 fully saturated rings. The molecule has 0 aliphatic rings. The van der Waals surface area contributed by atoms with Crippen molar-refractivity contribution in [2.75, 3.05) is 14.1 Å². The highest BCUT2D eigenvalue weighted by molar-refractivity contribution is 5.34. The van der Waals surface area contributed by atoms with Gasteiger partial charge in [-0.3, -0.25) is 15.0 Å². The standard InChI is InChI=1S/C11H16N2O4/c1-11(15,12(2)3)10(14)8-4-6-9(7-5-8)13(16)17/h4-7,10,14-15H,1-3H3. The second-order valence-corrected chi connectivity index (χ2v) is 4.24.